The maximum atomic E-state index is 5.89. The van der Waals surface area contributed by atoms with Gasteiger partial charge >= 0.3 is 0 Å². The maximum absolute atomic E-state index is 5.89. The third-order valence-corrected chi connectivity index (χ3v) is 3.16. The molecule has 0 aliphatic carbocycles. The van der Waals surface area contributed by atoms with Crippen LogP contribution in [0, 0.1) is 0 Å². The second kappa shape index (κ2) is 8.26. The lowest BCUT2D eigenvalue weighted by atomic mass is 10.1. The molecule has 0 aliphatic rings. The van der Waals surface area contributed by atoms with Crippen molar-refractivity contribution in [3.8, 4) is 5.75 Å². The van der Waals surface area contributed by atoms with Crippen molar-refractivity contribution in [1.29, 1.82) is 0 Å². The van der Waals surface area contributed by atoms with Gasteiger partial charge in [0, 0.05) is 6.54 Å². The maximum Gasteiger partial charge on any atom is 0.142 e. The Morgan fingerprint density at radius 3 is 2.50 bits per heavy atom. The van der Waals surface area contributed by atoms with Gasteiger partial charge < -0.3 is 10.1 Å². The molecule has 0 saturated carbocycles. The number of aryl methyl sites for hydroxylation is 1. The van der Waals surface area contributed by atoms with E-state index >= 15 is 0 Å². The first-order valence-electron chi connectivity index (χ1n) is 7.40. The van der Waals surface area contributed by atoms with Crippen LogP contribution < -0.4 is 10.1 Å². The molecular weight excluding hydrogens is 246 g/mol. The summed E-state index contributed by atoms with van der Waals surface area (Å²) in [5.74, 6) is 0.953. The minimum Gasteiger partial charge on any atom is -0.491 e. The summed E-state index contributed by atoms with van der Waals surface area (Å²) in [6.07, 6.45) is 3.21. The highest BCUT2D eigenvalue weighted by Crippen LogP contribution is 2.23. The van der Waals surface area contributed by atoms with E-state index in [4.69, 9.17) is 4.74 Å². The average Bonchev–Trinajstić information content (AvgIpc) is 2.51. The number of anilines is 1. The summed E-state index contributed by atoms with van der Waals surface area (Å²) < 4.78 is 5.89. The molecule has 0 spiro atoms. The topological polar surface area (TPSA) is 21.3 Å². The standard InChI is InChI=1S/C18H23NO/c1-2-14-19-17-12-6-7-13-18(17)20-15-8-11-16-9-4-3-5-10-16/h3-7,9-10,12-13,19H,2,8,11,14-15H2,1H3. The Morgan fingerprint density at radius 1 is 0.950 bits per heavy atom. The lowest BCUT2D eigenvalue weighted by Crippen LogP contribution is -2.05. The van der Waals surface area contributed by atoms with Gasteiger partial charge in [0.05, 0.1) is 12.3 Å². The van der Waals surface area contributed by atoms with Crippen LogP contribution in [0.15, 0.2) is 54.6 Å². The van der Waals surface area contributed by atoms with Gasteiger partial charge in [0.15, 0.2) is 0 Å². The second-order valence-electron chi connectivity index (χ2n) is 4.86. The minimum atomic E-state index is 0.750. The average molecular weight is 269 g/mol. The summed E-state index contributed by atoms with van der Waals surface area (Å²) in [5, 5.41) is 3.40. The van der Waals surface area contributed by atoms with E-state index in [1.807, 2.05) is 18.2 Å². The highest BCUT2D eigenvalue weighted by molar-refractivity contribution is 5.56. The van der Waals surface area contributed by atoms with Gasteiger partial charge in [-0.15, -0.1) is 0 Å². The van der Waals surface area contributed by atoms with Gasteiger partial charge in [0.2, 0.25) is 0 Å². The first-order chi connectivity index (χ1) is 9.90. The summed E-state index contributed by atoms with van der Waals surface area (Å²) in [6, 6.07) is 18.7. The predicted molar refractivity (Wildman–Crippen MR) is 85.5 cm³/mol. The van der Waals surface area contributed by atoms with E-state index in [1.54, 1.807) is 0 Å². The Bertz CT molecular complexity index is 496. The Hall–Kier alpha value is -1.96. The van der Waals surface area contributed by atoms with Crippen molar-refractivity contribution in [2.45, 2.75) is 26.2 Å². The number of rotatable bonds is 8. The van der Waals surface area contributed by atoms with Crippen molar-refractivity contribution >= 4 is 5.69 Å². The number of hydrogen-bond donors (Lipinski definition) is 1. The zero-order valence-corrected chi connectivity index (χ0v) is 12.1. The van der Waals surface area contributed by atoms with Crippen LogP contribution in [0.1, 0.15) is 25.3 Å². The monoisotopic (exact) mass is 269 g/mol. The zero-order chi connectivity index (χ0) is 14.0. The lowest BCUT2D eigenvalue weighted by molar-refractivity contribution is 0.312. The van der Waals surface area contributed by atoms with Crippen molar-refractivity contribution in [2.75, 3.05) is 18.5 Å². The quantitative estimate of drug-likeness (QED) is 0.711. The third-order valence-electron chi connectivity index (χ3n) is 3.16. The molecule has 0 bridgehead atoms. The molecule has 106 valence electrons. The first-order valence-corrected chi connectivity index (χ1v) is 7.40. The van der Waals surface area contributed by atoms with Crippen LogP contribution in [0.2, 0.25) is 0 Å². The fourth-order valence-corrected chi connectivity index (χ4v) is 2.10. The van der Waals surface area contributed by atoms with Crippen molar-refractivity contribution in [1.82, 2.24) is 0 Å². The number of nitrogens with one attached hydrogen (secondary N) is 1. The normalized spacial score (nSPS) is 10.2. The number of hydrogen-bond acceptors (Lipinski definition) is 2. The molecule has 0 atom stereocenters. The van der Waals surface area contributed by atoms with Crippen LogP contribution in [-0.2, 0) is 6.42 Å². The second-order valence-corrected chi connectivity index (χ2v) is 4.86. The SMILES string of the molecule is CCCNc1ccccc1OCCCc1ccccc1. The molecule has 20 heavy (non-hydrogen) atoms. The first kappa shape index (κ1) is 14.4. The van der Waals surface area contributed by atoms with Gasteiger partial charge in [-0.2, -0.15) is 0 Å². The molecular formula is C18H23NO. The predicted octanol–water partition coefficient (Wildman–Crippen LogP) is 4.52. The number of para-hydroxylation sites is 2. The fraction of sp³-hybridized carbons (Fsp3) is 0.333. The number of ether oxygens (including phenoxy) is 1. The number of benzene rings is 2. The van der Waals surface area contributed by atoms with Gasteiger partial charge in [-0.05, 0) is 37.0 Å². The van der Waals surface area contributed by atoms with Crippen LogP contribution in [0.4, 0.5) is 5.69 Å². The van der Waals surface area contributed by atoms with Gasteiger partial charge in [-0.25, -0.2) is 0 Å². The van der Waals surface area contributed by atoms with E-state index in [1.165, 1.54) is 5.56 Å². The molecule has 0 aliphatic heterocycles. The molecule has 2 aromatic carbocycles. The van der Waals surface area contributed by atoms with Gasteiger partial charge in [-0.1, -0.05) is 49.4 Å². The summed E-state index contributed by atoms with van der Waals surface area (Å²) >= 11 is 0. The summed E-state index contributed by atoms with van der Waals surface area (Å²) in [5.41, 5.74) is 2.46. The van der Waals surface area contributed by atoms with E-state index in [0.717, 1.165) is 43.9 Å². The summed E-state index contributed by atoms with van der Waals surface area (Å²) in [4.78, 5) is 0. The van der Waals surface area contributed by atoms with Crippen molar-refractivity contribution in [3.05, 3.63) is 60.2 Å². The van der Waals surface area contributed by atoms with Crippen LogP contribution in [0.25, 0.3) is 0 Å². The largest absolute Gasteiger partial charge is 0.491 e. The highest BCUT2D eigenvalue weighted by atomic mass is 16.5. The summed E-state index contributed by atoms with van der Waals surface area (Å²) in [7, 11) is 0. The molecule has 0 heterocycles. The van der Waals surface area contributed by atoms with E-state index in [2.05, 4.69) is 48.6 Å². The van der Waals surface area contributed by atoms with Crippen LogP contribution in [-0.4, -0.2) is 13.2 Å². The lowest BCUT2D eigenvalue weighted by Gasteiger charge is -2.12. The van der Waals surface area contributed by atoms with E-state index in [9.17, 15) is 0 Å². The molecule has 2 heteroatoms. The Labute approximate surface area is 121 Å². The fourth-order valence-electron chi connectivity index (χ4n) is 2.10. The minimum absolute atomic E-state index is 0.750. The molecule has 0 unspecified atom stereocenters. The van der Waals surface area contributed by atoms with Gasteiger partial charge in [-0.3, -0.25) is 0 Å². The molecule has 0 fully saturated rings. The highest BCUT2D eigenvalue weighted by Gasteiger charge is 2.01. The van der Waals surface area contributed by atoms with E-state index in [0.29, 0.717) is 0 Å². The van der Waals surface area contributed by atoms with Crippen molar-refractivity contribution < 1.29 is 4.74 Å². The molecule has 0 radical (unpaired) electrons. The smallest absolute Gasteiger partial charge is 0.142 e. The summed E-state index contributed by atoms with van der Waals surface area (Å²) in [6.45, 7) is 3.89. The molecule has 2 aromatic rings. The third kappa shape index (κ3) is 4.61. The van der Waals surface area contributed by atoms with Crippen LogP contribution in [0.3, 0.4) is 0 Å². The molecule has 0 amide bonds. The Balaban J connectivity index is 1.79. The van der Waals surface area contributed by atoms with Crippen LogP contribution in [0.5, 0.6) is 5.75 Å². The van der Waals surface area contributed by atoms with Crippen LogP contribution >= 0.6 is 0 Å². The molecule has 2 nitrogen and oxygen atoms in total. The molecule has 0 aromatic heterocycles. The molecule has 1 N–H and O–H groups in total. The zero-order valence-electron chi connectivity index (χ0n) is 12.1. The molecule has 2 rings (SSSR count). The van der Waals surface area contributed by atoms with Gasteiger partial charge in [0.1, 0.15) is 5.75 Å². The Kier molecular flexibility index (Phi) is 5.97. The van der Waals surface area contributed by atoms with E-state index < -0.39 is 0 Å². The Morgan fingerprint density at radius 2 is 1.70 bits per heavy atom. The van der Waals surface area contributed by atoms with E-state index in [-0.39, 0.29) is 0 Å². The van der Waals surface area contributed by atoms with Gasteiger partial charge in [0.25, 0.3) is 0 Å². The van der Waals surface area contributed by atoms with Crippen molar-refractivity contribution in [3.63, 3.8) is 0 Å². The molecule has 0 saturated heterocycles. The van der Waals surface area contributed by atoms with Crippen molar-refractivity contribution in [2.24, 2.45) is 0 Å².